The van der Waals surface area contributed by atoms with Gasteiger partial charge in [-0.3, -0.25) is 25.2 Å². The van der Waals surface area contributed by atoms with Crippen molar-refractivity contribution in [3.63, 3.8) is 0 Å². The van der Waals surface area contributed by atoms with E-state index in [2.05, 4.69) is 10.9 Å². The summed E-state index contributed by atoms with van der Waals surface area (Å²) < 4.78 is 15.1. The number of hydrazine groups is 1. The highest BCUT2D eigenvalue weighted by atomic mass is 16.5. The van der Waals surface area contributed by atoms with Crippen molar-refractivity contribution in [3.05, 3.63) is 23.8 Å². The molecule has 1 rings (SSSR count). The second-order valence-electron chi connectivity index (χ2n) is 4.58. The molecular formula is C15H20N2O6. The smallest absolute Gasteiger partial charge is 0.306 e. The summed E-state index contributed by atoms with van der Waals surface area (Å²) in [6.07, 6.45) is 0.551. The first-order valence-corrected chi connectivity index (χ1v) is 6.88. The third-order valence-corrected chi connectivity index (χ3v) is 2.81. The molecule has 0 atom stereocenters. The standard InChI is InChI=1S/C15H20N2O6/c1-10(18)16-17-14(19)9-23-15(20)7-5-11-4-6-12(21-2)13(8-11)22-3/h4,6,8H,5,7,9H2,1-3H3,(H,16,18)(H,17,19). The minimum Gasteiger partial charge on any atom is -0.493 e. The number of methoxy groups -OCH3 is 2. The second-order valence-corrected chi connectivity index (χ2v) is 4.58. The van der Waals surface area contributed by atoms with Crippen molar-refractivity contribution in [3.8, 4) is 11.5 Å². The monoisotopic (exact) mass is 324 g/mol. The number of hydrogen-bond donors (Lipinski definition) is 2. The lowest BCUT2D eigenvalue weighted by molar-refractivity contribution is -0.148. The molecule has 0 fully saturated rings. The van der Waals surface area contributed by atoms with Crippen molar-refractivity contribution < 1.29 is 28.6 Å². The lowest BCUT2D eigenvalue weighted by Crippen LogP contribution is -2.42. The summed E-state index contributed by atoms with van der Waals surface area (Å²) >= 11 is 0. The van der Waals surface area contributed by atoms with Crippen LogP contribution in [0.2, 0.25) is 0 Å². The Kier molecular flexibility index (Phi) is 7.38. The molecule has 0 saturated heterocycles. The molecule has 126 valence electrons. The average Bonchev–Trinajstić information content (AvgIpc) is 2.55. The number of hydrogen-bond acceptors (Lipinski definition) is 6. The van der Waals surface area contributed by atoms with Crippen molar-refractivity contribution in [2.75, 3.05) is 20.8 Å². The fourth-order valence-electron chi connectivity index (χ4n) is 1.69. The van der Waals surface area contributed by atoms with Gasteiger partial charge in [0.2, 0.25) is 5.91 Å². The highest BCUT2D eigenvalue weighted by Gasteiger charge is 2.10. The molecular weight excluding hydrogens is 304 g/mol. The second kappa shape index (κ2) is 9.29. The van der Waals surface area contributed by atoms with Gasteiger partial charge in [0, 0.05) is 13.3 Å². The normalized spacial score (nSPS) is 9.70. The zero-order chi connectivity index (χ0) is 17.2. The van der Waals surface area contributed by atoms with Gasteiger partial charge in [0.25, 0.3) is 5.91 Å². The lowest BCUT2D eigenvalue weighted by atomic mass is 10.1. The summed E-state index contributed by atoms with van der Waals surface area (Å²) in [6, 6.07) is 5.34. The minimum atomic E-state index is -0.611. The Balaban J connectivity index is 2.38. The third kappa shape index (κ3) is 6.68. The zero-order valence-corrected chi connectivity index (χ0v) is 13.3. The molecule has 0 saturated carbocycles. The first kappa shape index (κ1) is 18.3. The Bertz CT molecular complexity index is 573. The van der Waals surface area contributed by atoms with Gasteiger partial charge in [0.15, 0.2) is 18.1 Å². The maximum atomic E-state index is 11.6. The molecule has 0 aliphatic carbocycles. The number of carbonyl (C=O) groups excluding carboxylic acids is 3. The number of amides is 2. The van der Waals surface area contributed by atoms with Gasteiger partial charge in [0.1, 0.15) is 0 Å². The summed E-state index contributed by atoms with van der Waals surface area (Å²) in [4.78, 5) is 33.4. The maximum absolute atomic E-state index is 11.6. The summed E-state index contributed by atoms with van der Waals surface area (Å²) in [5, 5.41) is 0. The van der Waals surface area contributed by atoms with E-state index in [1.54, 1.807) is 19.2 Å². The van der Waals surface area contributed by atoms with E-state index >= 15 is 0 Å². The molecule has 0 aliphatic heterocycles. The summed E-state index contributed by atoms with van der Waals surface area (Å²) in [6.45, 7) is 0.792. The first-order valence-electron chi connectivity index (χ1n) is 6.88. The third-order valence-electron chi connectivity index (χ3n) is 2.81. The predicted octanol–water partition coefficient (Wildman–Crippen LogP) is 0.347. The molecule has 8 nitrogen and oxygen atoms in total. The van der Waals surface area contributed by atoms with E-state index in [1.165, 1.54) is 14.0 Å². The van der Waals surface area contributed by atoms with Gasteiger partial charge in [-0.15, -0.1) is 0 Å². The largest absolute Gasteiger partial charge is 0.493 e. The quantitative estimate of drug-likeness (QED) is 0.554. The molecule has 8 heteroatoms. The molecule has 0 unspecified atom stereocenters. The Hall–Kier alpha value is -2.77. The number of rotatable bonds is 7. The van der Waals surface area contributed by atoms with E-state index in [1.807, 2.05) is 6.07 Å². The van der Waals surface area contributed by atoms with Gasteiger partial charge in [-0.1, -0.05) is 6.07 Å². The first-order chi connectivity index (χ1) is 11.0. The number of esters is 1. The van der Waals surface area contributed by atoms with E-state index in [0.29, 0.717) is 17.9 Å². The Labute approximate surface area is 134 Å². The highest BCUT2D eigenvalue weighted by Crippen LogP contribution is 2.27. The van der Waals surface area contributed by atoms with Crippen LogP contribution in [-0.2, 0) is 25.5 Å². The van der Waals surface area contributed by atoms with E-state index < -0.39 is 24.4 Å². The van der Waals surface area contributed by atoms with Crippen LogP contribution in [0, 0.1) is 0 Å². The maximum Gasteiger partial charge on any atom is 0.306 e. The Morgan fingerprint density at radius 3 is 2.35 bits per heavy atom. The molecule has 1 aromatic rings. The van der Waals surface area contributed by atoms with Crippen LogP contribution in [-0.4, -0.2) is 38.6 Å². The van der Waals surface area contributed by atoms with E-state index in [9.17, 15) is 14.4 Å². The fraction of sp³-hybridized carbons (Fsp3) is 0.400. The lowest BCUT2D eigenvalue weighted by Gasteiger charge is -2.09. The molecule has 0 radical (unpaired) electrons. The van der Waals surface area contributed by atoms with Gasteiger partial charge in [0.05, 0.1) is 14.2 Å². The number of carbonyl (C=O) groups is 3. The molecule has 0 aromatic heterocycles. The van der Waals surface area contributed by atoms with Gasteiger partial charge in [-0.2, -0.15) is 0 Å². The number of benzene rings is 1. The van der Waals surface area contributed by atoms with Crippen molar-refractivity contribution in [2.45, 2.75) is 19.8 Å². The van der Waals surface area contributed by atoms with Crippen molar-refractivity contribution in [1.82, 2.24) is 10.9 Å². The molecule has 0 aliphatic rings. The van der Waals surface area contributed by atoms with Crippen molar-refractivity contribution in [1.29, 1.82) is 0 Å². The van der Waals surface area contributed by atoms with Crippen LogP contribution in [0.5, 0.6) is 11.5 Å². The van der Waals surface area contributed by atoms with E-state index in [-0.39, 0.29) is 6.42 Å². The van der Waals surface area contributed by atoms with Gasteiger partial charge >= 0.3 is 5.97 Å². The van der Waals surface area contributed by atoms with Crippen LogP contribution in [0.1, 0.15) is 18.9 Å². The molecule has 2 N–H and O–H groups in total. The van der Waals surface area contributed by atoms with Crippen molar-refractivity contribution in [2.24, 2.45) is 0 Å². The Morgan fingerprint density at radius 1 is 1.04 bits per heavy atom. The molecule has 0 heterocycles. The molecule has 23 heavy (non-hydrogen) atoms. The molecule has 0 bridgehead atoms. The predicted molar refractivity (Wildman–Crippen MR) is 80.8 cm³/mol. The Morgan fingerprint density at radius 2 is 1.74 bits per heavy atom. The minimum absolute atomic E-state index is 0.114. The van der Waals surface area contributed by atoms with Gasteiger partial charge in [-0.25, -0.2) is 0 Å². The average molecular weight is 324 g/mol. The molecule has 0 spiro atoms. The zero-order valence-electron chi connectivity index (χ0n) is 13.3. The fourth-order valence-corrected chi connectivity index (χ4v) is 1.69. The summed E-state index contributed by atoms with van der Waals surface area (Å²) in [5.41, 5.74) is 5.06. The van der Waals surface area contributed by atoms with Crippen molar-refractivity contribution >= 4 is 17.8 Å². The number of aryl methyl sites for hydroxylation is 1. The summed E-state index contributed by atoms with van der Waals surface area (Å²) in [7, 11) is 3.07. The van der Waals surface area contributed by atoms with Gasteiger partial charge < -0.3 is 14.2 Å². The molecule has 1 aromatic carbocycles. The summed E-state index contributed by atoms with van der Waals surface area (Å²) in [5.74, 6) is -0.364. The van der Waals surface area contributed by atoms with Crippen LogP contribution >= 0.6 is 0 Å². The van der Waals surface area contributed by atoms with Crippen LogP contribution in [0.25, 0.3) is 0 Å². The SMILES string of the molecule is COc1ccc(CCC(=O)OCC(=O)NNC(C)=O)cc1OC. The van der Waals surface area contributed by atoms with Crippen LogP contribution in [0.15, 0.2) is 18.2 Å². The number of ether oxygens (including phenoxy) is 3. The van der Waals surface area contributed by atoms with Crippen LogP contribution < -0.4 is 20.3 Å². The van der Waals surface area contributed by atoms with Gasteiger partial charge in [-0.05, 0) is 24.1 Å². The van der Waals surface area contributed by atoms with E-state index in [4.69, 9.17) is 14.2 Å². The topological polar surface area (TPSA) is 103 Å². The highest BCUT2D eigenvalue weighted by molar-refractivity contribution is 5.83. The van der Waals surface area contributed by atoms with Crippen LogP contribution in [0.4, 0.5) is 0 Å². The number of nitrogens with one attached hydrogen (secondary N) is 2. The molecule has 2 amide bonds. The van der Waals surface area contributed by atoms with E-state index in [0.717, 1.165) is 5.56 Å². The van der Waals surface area contributed by atoms with Crippen LogP contribution in [0.3, 0.4) is 0 Å².